The summed E-state index contributed by atoms with van der Waals surface area (Å²) in [6.07, 6.45) is 0. The van der Waals surface area contributed by atoms with Gasteiger partial charge >= 0.3 is 0 Å². The summed E-state index contributed by atoms with van der Waals surface area (Å²) in [6.45, 7) is 3.40. The molecule has 1 aromatic rings. The lowest BCUT2D eigenvalue weighted by molar-refractivity contribution is 0.292. The van der Waals surface area contributed by atoms with Crippen molar-refractivity contribution in [2.75, 3.05) is 31.6 Å². The van der Waals surface area contributed by atoms with Gasteiger partial charge < -0.3 is 10.2 Å². The van der Waals surface area contributed by atoms with Crippen molar-refractivity contribution in [3.63, 3.8) is 0 Å². The molecule has 0 aromatic carbocycles. The molecule has 0 bridgehead atoms. The topological polar surface area (TPSA) is 15.3 Å². The summed E-state index contributed by atoms with van der Waals surface area (Å²) < 4.78 is 0. The van der Waals surface area contributed by atoms with Gasteiger partial charge in [-0.25, -0.2) is 0 Å². The van der Waals surface area contributed by atoms with Crippen molar-refractivity contribution in [2.45, 2.75) is 12.6 Å². The number of rotatable bonds is 4. The standard InChI is InChI=1S/C11H18N2S2/c1-13(6-10-2-4-14-8-10)7-11-9-15-5-3-12-11/h2,4,8,11-12H,3,5-7,9H2,1H3. The van der Waals surface area contributed by atoms with Crippen LogP contribution in [0.3, 0.4) is 0 Å². The fourth-order valence-corrected chi connectivity index (χ4v) is 3.47. The van der Waals surface area contributed by atoms with Gasteiger partial charge in [0.2, 0.25) is 0 Å². The summed E-state index contributed by atoms with van der Waals surface area (Å²) in [4.78, 5) is 2.41. The Labute approximate surface area is 100 Å². The third-order valence-corrected chi connectivity index (χ3v) is 4.43. The molecule has 1 atom stereocenters. The van der Waals surface area contributed by atoms with Crippen LogP contribution in [0.2, 0.25) is 0 Å². The quantitative estimate of drug-likeness (QED) is 0.868. The second-order valence-corrected chi connectivity index (χ2v) is 5.98. The van der Waals surface area contributed by atoms with Gasteiger partial charge in [-0.3, -0.25) is 0 Å². The summed E-state index contributed by atoms with van der Waals surface area (Å²) in [5.74, 6) is 2.53. The molecule has 2 nitrogen and oxygen atoms in total. The Balaban J connectivity index is 1.74. The molecule has 1 aliphatic rings. The van der Waals surface area contributed by atoms with E-state index < -0.39 is 0 Å². The van der Waals surface area contributed by atoms with Gasteiger partial charge in [0.15, 0.2) is 0 Å². The molecule has 1 fully saturated rings. The van der Waals surface area contributed by atoms with Gasteiger partial charge in [0.25, 0.3) is 0 Å². The molecule has 84 valence electrons. The highest BCUT2D eigenvalue weighted by Gasteiger charge is 2.14. The van der Waals surface area contributed by atoms with Crippen LogP contribution in [0, 0.1) is 0 Å². The molecule has 0 saturated carbocycles. The molecular weight excluding hydrogens is 224 g/mol. The van der Waals surface area contributed by atoms with Gasteiger partial charge in [-0.05, 0) is 29.4 Å². The Kier molecular flexibility index (Phi) is 4.50. The summed E-state index contributed by atoms with van der Waals surface area (Å²) in [6, 6.07) is 2.89. The van der Waals surface area contributed by atoms with Gasteiger partial charge in [-0.1, -0.05) is 0 Å². The molecule has 1 aliphatic heterocycles. The van der Waals surface area contributed by atoms with E-state index in [9.17, 15) is 0 Å². The first-order chi connectivity index (χ1) is 7.34. The molecule has 1 saturated heterocycles. The Morgan fingerprint density at radius 3 is 3.20 bits per heavy atom. The first kappa shape index (κ1) is 11.5. The minimum absolute atomic E-state index is 0.674. The van der Waals surface area contributed by atoms with Crippen molar-refractivity contribution in [3.05, 3.63) is 22.4 Å². The normalized spacial score (nSPS) is 22.1. The summed E-state index contributed by atoms with van der Waals surface area (Å²) in [5.41, 5.74) is 1.44. The minimum Gasteiger partial charge on any atom is -0.311 e. The number of likely N-dealkylation sites (N-methyl/N-ethyl adjacent to an activating group) is 1. The van der Waals surface area contributed by atoms with E-state index in [1.54, 1.807) is 11.3 Å². The predicted molar refractivity (Wildman–Crippen MR) is 69.8 cm³/mol. The summed E-state index contributed by atoms with van der Waals surface area (Å²) in [5, 5.41) is 7.96. The van der Waals surface area contributed by atoms with Crippen molar-refractivity contribution in [1.29, 1.82) is 0 Å². The van der Waals surface area contributed by atoms with Gasteiger partial charge in [0.05, 0.1) is 0 Å². The molecule has 4 heteroatoms. The average Bonchev–Trinajstić information content (AvgIpc) is 2.71. The van der Waals surface area contributed by atoms with Crippen LogP contribution < -0.4 is 5.32 Å². The number of hydrogen-bond donors (Lipinski definition) is 1. The zero-order chi connectivity index (χ0) is 10.5. The number of hydrogen-bond acceptors (Lipinski definition) is 4. The summed E-state index contributed by atoms with van der Waals surface area (Å²) in [7, 11) is 2.21. The SMILES string of the molecule is CN(Cc1ccsc1)CC1CSCCN1. The molecule has 1 aromatic heterocycles. The van der Waals surface area contributed by atoms with Gasteiger partial charge in [-0.15, -0.1) is 0 Å². The van der Waals surface area contributed by atoms with Crippen LogP contribution in [-0.4, -0.2) is 42.6 Å². The molecule has 0 radical (unpaired) electrons. The Morgan fingerprint density at radius 2 is 2.53 bits per heavy atom. The molecule has 1 N–H and O–H groups in total. The smallest absolute Gasteiger partial charge is 0.0285 e. The Bertz CT molecular complexity index is 268. The predicted octanol–water partition coefficient (Wildman–Crippen LogP) is 1.88. The van der Waals surface area contributed by atoms with Gasteiger partial charge in [-0.2, -0.15) is 23.1 Å². The minimum atomic E-state index is 0.674. The van der Waals surface area contributed by atoms with Crippen molar-refractivity contribution in [3.8, 4) is 0 Å². The number of nitrogens with one attached hydrogen (secondary N) is 1. The van der Waals surface area contributed by atoms with Crippen LogP contribution in [0.5, 0.6) is 0 Å². The molecule has 2 heterocycles. The number of nitrogens with zero attached hydrogens (tertiary/aromatic N) is 1. The van der Waals surface area contributed by atoms with Gasteiger partial charge in [0, 0.05) is 37.2 Å². The molecule has 0 amide bonds. The molecule has 1 unspecified atom stereocenters. The van der Waals surface area contributed by atoms with E-state index in [1.165, 1.54) is 23.6 Å². The molecule has 2 rings (SSSR count). The molecule has 0 aliphatic carbocycles. The second kappa shape index (κ2) is 5.89. The van der Waals surface area contributed by atoms with Crippen LogP contribution in [0.25, 0.3) is 0 Å². The average molecular weight is 242 g/mol. The first-order valence-electron chi connectivity index (χ1n) is 5.35. The van der Waals surface area contributed by atoms with Crippen molar-refractivity contribution in [1.82, 2.24) is 10.2 Å². The maximum absolute atomic E-state index is 3.57. The maximum atomic E-state index is 3.57. The Morgan fingerprint density at radius 1 is 1.60 bits per heavy atom. The van der Waals surface area contributed by atoms with Crippen LogP contribution in [-0.2, 0) is 6.54 Å². The van der Waals surface area contributed by atoms with Crippen LogP contribution in [0.15, 0.2) is 16.8 Å². The Hall–Kier alpha value is -0.0300. The summed E-state index contributed by atoms with van der Waals surface area (Å²) >= 11 is 3.85. The lowest BCUT2D eigenvalue weighted by Gasteiger charge is -2.27. The lowest BCUT2D eigenvalue weighted by atomic mass is 10.2. The highest BCUT2D eigenvalue weighted by atomic mass is 32.2. The van der Waals surface area contributed by atoms with Crippen molar-refractivity contribution in [2.24, 2.45) is 0 Å². The van der Waals surface area contributed by atoms with Crippen LogP contribution >= 0.6 is 23.1 Å². The second-order valence-electron chi connectivity index (χ2n) is 4.05. The van der Waals surface area contributed by atoms with E-state index in [4.69, 9.17) is 0 Å². The first-order valence-corrected chi connectivity index (χ1v) is 7.45. The molecular formula is C11H18N2S2. The highest BCUT2D eigenvalue weighted by molar-refractivity contribution is 7.99. The van der Waals surface area contributed by atoms with E-state index in [0.29, 0.717) is 6.04 Å². The molecule has 15 heavy (non-hydrogen) atoms. The fraction of sp³-hybridized carbons (Fsp3) is 0.636. The van der Waals surface area contributed by atoms with Crippen molar-refractivity contribution < 1.29 is 0 Å². The monoisotopic (exact) mass is 242 g/mol. The zero-order valence-electron chi connectivity index (χ0n) is 9.11. The zero-order valence-corrected chi connectivity index (χ0v) is 10.7. The third-order valence-electron chi connectivity index (χ3n) is 2.56. The van der Waals surface area contributed by atoms with E-state index in [2.05, 4.69) is 45.9 Å². The highest BCUT2D eigenvalue weighted by Crippen LogP contribution is 2.11. The van der Waals surface area contributed by atoms with E-state index >= 15 is 0 Å². The van der Waals surface area contributed by atoms with Gasteiger partial charge in [0.1, 0.15) is 0 Å². The maximum Gasteiger partial charge on any atom is 0.0285 e. The fourth-order valence-electron chi connectivity index (χ4n) is 1.87. The number of thioether (sulfide) groups is 1. The van der Waals surface area contributed by atoms with Crippen LogP contribution in [0.4, 0.5) is 0 Å². The largest absolute Gasteiger partial charge is 0.311 e. The lowest BCUT2D eigenvalue weighted by Crippen LogP contribution is -2.44. The number of thiophene rings is 1. The van der Waals surface area contributed by atoms with E-state index in [1.807, 2.05) is 0 Å². The van der Waals surface area contributed by atoms with Crippen LogP contribution in [0.1, 0.15) is 5.56 Å². The van der Waals surface area contributed by atoms with Crippen molar-refractivity contribution >= 4 is 23.1 Å². The van der Waals surface area contributed by atoms with E-state index in [0.717, 1.165) is 13.1 Å². The molecule has 0 spiro atoms. The third kappa shape index (κ3) is 3.79. The van der Waals surface area contributed by atoms with E-state index in [-0.39, 0.29) is 0 Å².